The van der Waals surface area contributed by atoms with Crippen LogP contribution in [0.2, 0.25) is 0 Å². The third-order valence-electron chi connectivity index (χ3n) is 5.80. The first kappa shape index (κ1) is 22.4. The van der Waals surface area contributed by atoms with Crippen LogP contribution in [0, 0.1) is 0 Å². The van der Waals surface area contributed by atoms with Crippen molar-refractivity contribution in [1.82, 2.24) is 9.97 Å². The van der Waals surface area contributed by atoms with E-state index in [1.165, 1.54) is 11.3 Å². The average Bonchev–Trinajstić information content (AvgIpc) is 3.30. The van der Waals surface area contributed by atoms with Gasteiger partial charge in [-0.25, -0.2) is 4.98 Å². The lowest BCUT2D eigenvalue weighted by Crippen LogP contribution is -2.36. The SMILES string of the molecule is CCCN(C)c1ccnc(Nc2ccc(-c3csc4c(=O)cc(N5CCOCC5)oc34)cc2)n1. The standard InChI is InChI=1S/C25H27N5O3S/c1-3-10-29(2)21-8-9-26-25(28-21)27-18-6-4-17(5-7-18)19-16-34-24-20(31)15-22(33-23(19)24)30-11-13-32-14-12-30/h4-9,15-16H,3,10-14H2,1-2H3,(H,26,27,28). The molecule has 4 aromatic rings. The summed E-state index contributed by atoms with van der Waals surface area (Å²) in [5.74, 6) is 2.03. The number of fused-ring (bicyclic) bond motifs is 1. The van der Waals surface area contributed by atoms with Crippen molar-refractivity contribution in [2.75, 3.05) is 55.0 Å². The van der Waals surface area contributed by atoms with E-state index in [-0.39, 0.29) is 5.43 Å². The van der Waals surface area contributed by atoms with Crippen LogP contribution in [0.15, 0.2) is 57.2 Å². The summed E-state index contributed by atoms with van der Waals surface area (Å²) in [6.45, 7) is 5.77. The number of hydrogen-bond donors (Lipinski definition) is 1. The maximum absolute atomic E-state index is 12.7. The van der Waals surface area contributed by atoms with Gasteiger partial charge in [0.1, 0.15) is 10.5 Å². The third kappa shape index (κ3) is 4.62. The molecule has 1 aromatic carbocycles. The number of aromatic nitrogens is 2. The molecule has 4 heterocycles. The Kier molecular flexibility index (Phi) is 6.46. The average molecular weight is 478 g/mol. The van der Waals surface area contributed by atoms with Crippen LogP contribution in [0.5, 0.6) is 0 Å². The molecule has 1 fully saturated rings. The quantitative estimate of drug-likeness (QED) is 0.409. The Bertz CT molecular complexity index is 1330. The first-order valence-corrected chi connectivity index (χ1v) is 12.3. The van der Waals surface area contributed by atoms with Crippen molar-refractivity contribution in [2.24, 2.45) is 0 Å². The number of thiophene rings is 1. The predicted molar refractivity (Wildman–Crippen MR) is 138 cm³/mol. The maximum Gasteiger partial charge on any atom is 0.229 e. The maximum atomic E-state index is 12.7. The van der Waals surface area contributed by atoms with Gasteiger partial charge in [-0.15, -0.1) is 11.3 Å². The molecule has 0 aliphatic carbocycles. The lowest BCUT2D eigenvalue weighted by molar-refractivity contribution is 0.121. The molecule has 176 valence electrons. The minimum Gasteiger partial charge on any atom is -0.439 e. The summed E-state index contributed by atoms with van der Waals surface area (Å²) in [4.78, 5) is 25.8. The van der Waals surface area contributed by atoms with Crippen molar-refractivity contribution >= 4 is 45.0 Å². The summed E-state index contributed by atoms with van der Waals surface area (Å²) < 4.78 is 12.3. The zero-order valence-corrected chi connectivity index (χ0v) is 20.1. The van der Waals surface area contributed by atoms with Crippen molar-refractivity contribution in [3.05, 3.63) is 58.2 Å². The Balaban J connectivity index is 1.39. The summed E-state index contributed by atoms with van der Waals surface area (Å²) in [6, 6.07) is 11.5. The first-order valence-electron chi connectivity index (χ1n) is 11.4. The first-order chi connectivity index (χ1) is 16.6. The second-order valence-corrected chi connectivity index (χ2v) is 9.10. The number of ether oxygens (including phenoxy) is 1. The van der Waals surface area contributed by atoms with Crippen LogP contribution >= 0.6 is 11.3 Å². The molecule has 9 heteroatoms. The van der Waals surface area contributed by atoms with Gasteiger partial charge in [-0.2, -0.15) is 4.98 Å². The van der Waals surface area contributed by atoms with Crippen molar-refractivity contribution in [1.29, 1.82) is 0 Å². The molecule has 0 saturated carbocycles. The van der Waals surface area contributed by atoms with Crippen LogP contribution in [0.4, 0.5) is 23.3 Å². The van der Waals surface area contributed by atoms with E-state index in [0.29, 0.717) is 48.4 Å². The number of morpholine rings is 1. The second kappa shape index (κ2) is 9.82. The Morgan fingerprint density at radius 2 is 1.97 bits per heavy atom. The summed E-state index contributed by atoms with van der Waals surface area (Å²) in [5, 5.41) is 5.26. The molecular formula is C25H27N5O3S. The predicted octanol–water partition coefficient (Wildman–Crippen LogP) is 4.74. The summed E-state index contributed by atoms with van der Waals surface area (Å²) in [6.07, 6.45) is 2.81. The van der Waals surface area contributed by atoms with E-state index < -0.39 is 0 Å². The van der Waals surface area contributed by atoms with Gasteiger partial charge in [0.15, 0.2) is 11.5 Å². The number of nitrogens with one attached hydrogen (secondary N) is 1. The molecule has 0 unspecified atom stereocenters. The molecule has 1 saturated heterocycles. The normalized spacial score (nSPS) is 13.9. The molecule has 1 aliphatic rings. The van der Waals surface area contributed by atoms with Gasteiger partial charge in [-0.3, -0.25) is 4.79 Å². The van der Waals surface area contributed by atoms with Crippen LogP contribution in [0.1, 0.15) is 13.3 Å². The molecule has 0 amide bonds. The summed E-state index contributed by atoms with van der Waals surface area (Å²) >= 11 is 1.42. The fourth-order valence-corrected chi connectivity index (χ4v) is 4.92. The number of benzene rings is 1. The number of nitrogens with zero attached hydrogens (tertiary/aromatic N) is 4. The fraction of sp³-hybridized carbons (Fsp3) is 0.320. The second-order valence-electron chi connectivity index (χ2n) is 8.22. The van der Waals surface area contributed by atoms with Crippen molar-refractivity contribution < 1.29 is 9.15 Å². The van der Waals surface area contributed by atoms with Crippen molar-refractivity contribution in [3.8, 4) is 11.1 Å². The van der Waals surface area contributed by atoms with Crippen LogP contribution in [0.25, 0.3) is 21.4 Å². The fourth-order valence-electron chi connectivity index (χ4n) is 4.00. The highest BCUT2D eigenvalue weighted by Crippen LogP contribution is 2.35. The summed E-state index contributed by atoms with van der Waals surface area (Å²) in [5.41, 5.74) is 3.40. The molecule has 0 bridgehead atoms. The zero-order valence-electron chi connectivity index (χ0n) is 19.3. The van der Waals surface area contributed by atoms with E-state index >= 15 is 0 Å². The van der Waals surface area contributed by atoms with Crippen molar-refractivity contribution in [3.63, 3.8) is 0 Å². The van der Waals surface area contributed by atoms with Gasteiger partial charge in [0.2, 0.25) is 11.4 Å². The minimum absolute atomic E-state index is 0.0117. The van der Waals surface area contributed by atoms with Gasteiger partial charge in [0.25, 0.3) is 0 Å². The highest BCUT2D eigenvalue weighted by molar-refractivity contribution is 7.17. The highest BCUT2D eigenvalue weighted by atomic mass is 32.1. The van der Waals surface area contributed by atoms with E-state index in [1.807, 2.05) is 42.8 Å². The number of anilines is 4. The lowest BCUT2D eigenvalue weighted by atomic mass is 10.1. The van der Waals surface area contributed by atoms with Crippen molar-refractivity contribution in [2.45, 2.75) is 13.3 Å². The molecule has 5 rings (SSSR count). The van der Waals surface area contributed by atoms with Crippen LogP contribution in [-0.2, 0) is 4.74 Å². The lowest BCUT2D eigenvalue weighted by Gasteiger charge is -2.27. The van der Waals surface area contributed by atoms with E-state index in [9.17, 15) is 4.79 Å². The van der Waals surface area contributed by atoms with E-state index in [1.54, 1.807) is 12.3 Å². The molecule has 0 atom stereocenters. The Labute approximate surface area is 201 Å². The summed E-state index contributed by atoms with van der Waals surface area (Å²) in [7, 11) is 2.03. The zero-order chi connectivity index (χ0) is 23.5. The molecule has 34 heavy (non-hydrogen) atoms. The number of hydrogen-bond acceptors (Lipinski definition) is 9. The van der Waals surface area contributed by atoms with Gasteiger partial charge < -0.3 is 24.3 Å². The van der Waals surface area contributed by atoms with Gasteiger partial charge in [0.05, 0.1) is 13.2 Å². The Morgan fingerprint density at radius 3 is 2.74 bits per heavy atom. The largest absolute Gasteiger partial charge is 0.439 e. The Hall–Kier alpha value is -3.43. The van der Waals surface area contributed by atoms with Crippen LogP contribution in [-0.4, -0.2) is 49.9 Å². The van der Waals surface area contributed by atoms with E-state index in [2.05, 4.69) is 32.0 Å². The smallest absolute Gasteiger partial charge is 0.229 e. The topological polar surface area (TPSA) is 83.7 Å². The van der Waals surface area contributed by atoms with Gasteiger partial charge >= 0.3 is 0 Å². The third-order valence-corrected chi connectivity index (χ3v) is 6.77. The van der Waals surface area contributed by atoms with E-state index in [0.717, 1.165) is 35.6 Å². The molecule has 0 radical (unpaired) electrons. The van der Waals surface area contributed by atoms with Crippen LogP contribution in [0.3, 0.4) is 0 Å². The van der Waals surface area contributed by atoms with Gasteiger partial charge in [-0.05, 0) is 30.2 Å². The Morgan fingerprint density at radius 1 is 1.18 bits per heavy atom. The molecule has 1 aliphatic heterocycles. The van der Waals surface area contributed by atoms with Gasteiger partial charge in [-0.1, -0.05) is 19.1 Å². The molecule has 8 nitrogen and oxygen atoms in total. The monoisotopic (exact) mass is 477 g/mol. The molecule has 3 aromatic heterocycles. The highest BCUT2D eigenvalue weighted by Gasteiger charge is 2.18. The molecular weight excluding hydrogens is 450 g/mol. The van der Waals surface area contributed by atoms with E-state index in [4.69, 9.17) is 9.15 Å². The molecule has 0 spiro atoms. The van der Waals surface area contributed by atoms with Gasteiger partial charge in [0, 0.05) is 55.6 Å². The van der Waals surface area contributed by atoms with Crippen LogP contribution < -0.4 is 20.5 Å². The minimum atomic E-state index is -0.0117. The number of rotatable bonds is 7. The molecule has 1 N–H and O–H groups in total.